The van der Waals surface area contributed by atoms with Gasteiger partial charge in [-0.25, -0.2) is 0 Å². The number of unbranched alkanes of at least 4 members (excludes halogenated alkanes) is 1. The smallest absolute Gasteiger partial charge is 0.219 e. The molecule has 0 aliphatic heterocycles. The molecule has 0 spiro atoms. The predicted molar refractivity (Wildman–Crippen MR) is 87.8 cm³/mol. The van der Waals surface area contributed by atoms with E-state index in [1.807, 2.05) is 0 Å². The maximum absolute atomic E-state index is 11.5. The van der Waals surface area contributed by atoms with Gasteiger partial charge in [0, 0.05) is 93.2 Å². The molecule has 0 rings (SSSR count). The van der Waals surface area contributed by atoms with E-state index in [0.717, 1.165) is 0 Å². The van der Waals surface area contributed by atoms with Crippen LogP contribution in [-0.2, 0) is 51.7 Å². The molecule has 0 bridgehead atoms. The van der Waals surface area contributed by atoms with Crippen LogP contribution in [0.5, 0.6) is 0 Å². The largest absolute Gasteiger partial charge is 1.00 e. The zero-order valence-electron chi connectivity index (χ0n) is 15.5. The van der Waals surface area contributed by atoms with Crippen molar-refractivity contribution in [1.29, 1.82) is 0 Å². The molecule has 0 aromatic heterocycles. The van der Waals surface area contributed by atoms with Crippen molar-refractivity contribution in [2.24, 2.45) is 22.9 Å². The van der Waals surface area contributed by atoms with Crippen LogP contribution < -0.4 is 83.2 Å². The second-order valence-electron chi connectivity index (χ2n) is 5.48. The topological polar surface area (TPSA) is 162 Å². The van der Waals surface area contributed by atoms with Crippen molar-refractivity contribution < 1.29 is 101 Å². The molecular weight excluding hydrogens is 816 g/mol. The van der Waals surface area contributed by atoms with Gasteiger partial charge in [0.15, 0.2) is 0 Å². The fourth-order valence-corrected chi connectivity index (χ4v) is 1.78. The zero-order chi connectivity index (χ0) is 16.8. The van der Waals surface area contributed by atoms with Gasteiger partial charge >= 0.3 is 0 Å². The third kappa shape index (κ3) is 32.0. The summed E-state index contributed by atoms with van der Waals surface area (Å²) in [4.78, 5) is 23.1. The van der Waals surface area contributed by atoms with Crippen molar-refractivity contribution in [3.63, 3.8) is 0 Å². The molecule has 0 saturated carbocycles. The monoisotopic (exact) mass is 846 g/mol. The third-order valence-electron chi connectivity index (χ3n) is 3.34. The van der Waals surface area contributed by atoms with Gasteiger partial charge in [-0.2, -0.15) is 0 Å². The van der Waals surface area contributed by atoms with E-state index in [1.54, 1.807) is 0 Å². The van der Waals surface area contributed by atoms with Crippen molar-refractivity contribution in [2.75, 3.05) is 26.2 Å². The first kappa shape index (κ1) is 47.2. The van der Waals surface area contributed by atoms with E-state index in [9.17, 15) is 9.59 Å². The van der Waals surface area contributed by atoms with Gasteiger partial charge in [-0.05, 0) is 25.7 Å². The summed E-state index contributed by atoms with van der Waals surface area (Å²) < 4.78 is 0. The number of nitrogens with two attached hydrogens (primary N) is 4. The fourth-order valence-electron chi connectivity index (χ4n) is 1.78. The Kier molecular flexibility index (Phi) is 55.6. The van der Waals surface area contributed by atoms with E-state index in [-0.39, 0.29) is 116 Å². The molecule has 0 saturated heterocycles. The second kappa shape index (κ2) is 33.0. The number of nitrogens with one attached hydrogen (secondary N) is 2. The Labute approximate surface area is 222 Å². The van der Waals surface area contributed by atoms with E-state index in [1.165, 1.54) is 0 Å². The van der Waals surface area contributed by atoms with Crippen LogP contribution in [0.25, 0.3) is 0 Å². The van der Waals surface area contributed by atoms with Crippen LogP contribution in [0.2, 0.25) is 0 Å². The van der Waals surface area contributed by atoms with Crippen LogP contribution in [0.15, 0.2) is 0 Å². The first-order valence-corrected chi connectivity index (χ1v) is 7.94. The molecule has 0 fully saturated rings. The van der Waals surface area contributed by atoms with E-state index in [0.29, 0.717) is 64.7 Å². The summed E-state index contributed by atoms with van der Waals surface area (Å²) >= 11 is 0. The second-order valence-corrected chi connectivity index (χ2v) is 5.48. The first-order valence-electron chi connectivity index (χ1n) is 7.94. The van der Waals surface area contributed by atoms with E-state index in [2.05, 4.69) is 10.6 Å². The molecule has 8 nitrogen and oxygen atoms in total. The number of halogens is 4. The van der Waals surface area contributed by atoms with Gasteiger partial charge < -0.3 is 83.2 Å². The summed E-state index contributed by atoms with van der Waals surface area (Å²) in [6.45, 7) is 1.92. The van der Waals surface area contributed by atoms with Gasteiger partial charge in [0.1, 0.15) is 0 Å². The van der Waals surface area contributed by atoms with Crippen LogP contribution in [-0.4, -0.2) is 50.1 Å². The molecule has 14 heteroatoms. The Hall–Kier alpha value is 1.32. The van der Waals surface area contributed by atoms with Crippen molar-refractivity contribution in [2.45, 2.75) is 50.6 Å². The molecule has 0 radical (unpaired) electrons. The van der Waals surface area contributed by atoms with Crippen molar-refractivity contribution in [3.8, 4) is 0 Å². The molecule has 0 aliphatic carbocycles. The number of rotatable bonds is 13. The van der Waals surface area contributed by atoms with Crippen LogP contribution in [0, 0.1) is 0 Å². The predicted octanol–water partition coefficient (Wildman–Crippen LogP) is -13.9. The van der Waals surface area contributed by atoms with Crippen LogP contribution >= 0.6 is 0 Å². The average Bonchev–Trinajstić information content (AvgIpc) is 2.51. The Morgan fingerprint density at radius 3 is 1.21 bits per heavy atom. The summed E-state index contributed by atoms with van der Waals surface area (Å²) in [5.74, 6) is -0.0305. The zero-order valence-corrected chi connectivity index (χ0v) is 23.1. The minimum atomic E-state index is -0.0728. The van der Waals surface area contributed by atoms with Crippen molar-refractivity contribution in [1.82, 2.24) is 10.6 Å². The number of carbonyl (C=O) groups excluding carboxylic acids is 2. The summed E-state index contributed by atoms with van der Waals surface area (Å²) in [7, 11) is 0. The van der Waals surface area contributed by atoms with Gasteiger partial charge in [0.25, 0.3) is 0 Å². The number of carbonyl (C=O) groups is 2. The molecule has 2 atom stereocenters. The summed E-state index contributed by atoms with van der Waals surface area (Å²) in [5.41, 5.74) is 22.1. The van der Waals surface area contributed by atoms with Gasteiger partial charge in [0.2, 0.25) is 11.8 Å². The molecule has 10 N–H and O–H groups in total. The maximum atomic E-state index is 11.5. The molecule has 2 amide bonds. The Bertz CT molecular complexity index is 310. The van der Waals surface area contributed by atoms with E-state index >= 15 is 0 Å². The van der Waals surface area contributed by atoms with Crippen LogP contribution in [0.3, 0.4) is 0 Å². The van der Waals surface area contributed by atoms with E-state index < -0.39 is 0 Å². The molecule has 28 heavy (non-hydrogen) atoms. The maximum Gasteiger partial charge on any atom is 0.219 e. The summed E-state index contributed by atoms with van der Waals surface area (Å²) in [6, 6.07) is -0.146. The summed E-state index contributed by atoms with van der Waals surface area (Å²) in [5, 5.41) is 5.58. The Morgan fingerprint density at radius 1 is 0.679 bits per heavy atom. The quantitative estimate of drug-likeness (QED) is 0.101. The number of hydrogen-bond acceptors (Lipinski definition) is 6. The fraction of sp³-hybridized carbons (Fsp3) is 0.857. The molecule has 0 aromatic rings. The minimum Gasteiger partial charge on any atom is -1.00 e. The first-order chi connectivity index (χ1) is 10.5. The molecule has 0 aliphatic rings. The summed E-state index contributed by atoms with van der Waals surface area (Å²) in [6.07, 6.45) is 3.56. The Morgan fingerprint density at radius 2 is 0.964 bits per heavy atom. The normalized spacial score (nSPS) is 10.6. The minimum absolute atomic E-state index is 0. The van der Waals surface area contributed by atoms with Gasteiger partial charge in [-0.15, -0.1) is 0 Å². The molecular formula is C14H32Cl4N6O2Pt2-4. The molecule has 2 unspecified atom stereocenters. The molecule has 182 valence electrons. The SMILES string of the molecule is NCC(N)CCNC(=O)CCCCC(=O)NCCC(N)CN.[Cl-].[Cl-].[Cl-].[Cl-].[Pt].[Pt]. The van der Waals surface area contributed by atoms with Crippen molar-refractivity contribution in [3.05, 3.63) is 0 Å². The Balaban J connectivity index is -0.000000147. The van der Waals surface area contributed by atoms with Gasteiger partial charge in [0.05, 0.1) is 0 Å². The van der Waals surface area contributed by atoms with Crippen molar-refractivity contribution >= 4 is 11.8 Å². The molecule has 0 aromatic carbocycles. The molecule has 0 heterocycles. The van der Waals surface area contributed by atoms with Crippen LogP contribution in [0.4, 0.5) is 0 Å². The third-order valence-corrected chi connectivity index (χ3v) is 3.34. The standard InChI is InChI=1S/C14H32N6O2.4ClH.2Pt/c15-9-11(17)5-7-19-13(21)3-1-2-4-14(22)20-8-6-12(18)10-16;;;;;;/h11-12H,1-10,15-18H2,(H,19,21)(H,20,22);4*1H;;/p-4. The van der Waals surface area contributed by atoms with E-state index in [4.69, 9.17) is 22.9 Å². The van der Waals surface area contributed by atoms with Gasteiger partial charge in [-0.3, -0.25) is 9.59 Å². The number of hydrogen-bond donors (Lipinski definition) is 6. The average molecular weight is 848 g/mol. The van der Waals surface area contributed by atoms with Gasteiger partial charge in [-0.1, -0.05) is 0 Å². The number of amides is 2. The van der Waals surface area contributed by atoms with Crippen LogP contribution in [0.1, 0.15) is 38.5 Å².